The smallest absolute Gasteiger partial charge is 0.169 e. The Kier molecular flexibility index (Phi) is 3.06. The molecule has 0 N–H and O–H groups in total. The molecule has 0 saturated carbocycles. The minimum absolute atomic E-state index is 0.0886. The molecule has 0 aromatic carbocycles. The largest absolute Gasteiger partial charge is 0.369 e. The van der Waals surface area contributed by atoms with E-state index in [4.69, 9.17) is 4.74 Å². The second-order valence-electron chi connectivity index (χ2n) is 6.27. The molecule has 0 bridgehead atoms. The lowest BCUT2D eigenvalue weighted by Gasteiger charge is -2.26. The Morgan fingerprint density at radius 1 is 1.39 bits per heavy atom. The molecule has 1 saturated heterocycles. The van der Waals surface area contributed by atoms with Gasteiger partial charge in [-0.3, -0.25) is 9.78 Å². The van der Waals surface area contributed by atoms with Crippen LogP contribution >= 0.6 is 0 Å². The van der Waals surface area contributed by atoms with Crippen LogP contribution < -0.4 is 0 Å². The van der Waals surface area contributed by atoms with E-state index in [9.17, 15) is 4.79 Å². The molecule has 2 heterocycles. The number of ether oxygens (including phenoxy) is 1. The molecule has 2 rings (SSSR count). The standard InChI is InChI=1S/C15H21NO2/c1-10-8-11(6-7-16-10)13(17)12-9-14(2,3)18-15(12,4)5/h6-8,12H,9H2,1-5H3. The highest BCUT2D eigenvalue weighted by molar-refractivity contribution is 5.98. The number of hydrogen-bond donors (Lipinski definition) is 0. The predicted molar refractivity (Wildman–Crippen MR) is 70.7 cm³/mol. The molecular formula is C15H21NO2. The maximum atomic E-state index is 12.6. The first kappa shape index (κ1) is 13.2. The Hall–Kier alpha value is -1.22. The summed E-state index contributed by atoms with van der Waals surface area (Å²) < 4.78 is 5.99. The van der Waals surface area contributed by atoms with Crippen LogP contribution in [0.3, 0.4) is 0 Å². The van der Waals surface area contributed by atoms with Crippen LogP contribution in [-0.4, -0.2) is 22.0 Å². The zero-order chi connectivity index (χ0) is 13.6. The lowest BCUT2D eigenvalue weighted by Crippen LogP contribution is -2.33. The Labute approximate surface area is 109 Å². The fraction of sp³-hybridized carbons (Fsp3) is 0.600. The number of hydrogen-bond acceptors (Lipinski definition) is 3. The summed E-state index contributed by atoms with van der Waals surface area (Å²) in [5.74, 6) is 0.0744. The van der Waals surface area contributed by atoms with Crippen molar-refractivity contribution in [1.29, 1.82) is 0 Å². The quantitative estimate of drug-likeness (QED) is 0.753. The van der Waals surface area contributed by atoms with Crippen LogP contribution in [0.25, 0.3) is 0 Å². The highest BCUT2D eigenvalue weighted by Gasteiger charge is 2.49. The van der Waals surface area contributed by atoms with Crippen molar-refractivity contribution in [3.8, 4) is 0 Å². The molecule has 98 valence electrons. The van der Waals surface area contributed by atoms with Gasteiger partial charge in [0.2, 0.25) is 0 Å². The number of Topliss-reactive ketones (excluding diaryl/α,β-unsaturated/α-hetero) is 1. The molecule has 1 aliphatic heterocycles. The van der Waals surface area contributed by atoms with E-state index in [2.05, 4.69) is 4.98 Å². The van der Waals surface area contributed by atoms with Gasteiger partial charge in [-0.05, 0) is 53.2 Å². The van der Waals surface area contributed by atoms with Crippen LogP contribution in [0.1, 0.15) is 50.2 Å². The van der Waals surface area contributed by atoms with Crippen LogP contribution in [0.5, 0.6) is 0 Å². The number of pyridine rings is 1. The zero-order valence-electron chi connectivity index (χ0n) is 11.8. The van der Waals surface area contributed by atoms with Gasteiger partial charge >= 0.3 is 0 Å². The summed E-state index contributed by atoms with van der Waals surface area (Å²) in [4.78, 5) is 16.7. The van der Waals surface area contributed by atoms with E-state index in [1.54, 1.807) is 12.3 Å². The molecule has 0 aliphatic carbocycles. The van der Waals surface area contributed by atoms with E-state index in [0.29, 0.717) is 0 Å². The molecule has 0 radical (unpaired) electrons. The average Bonchev–Trinajstić information content (AvgIpc) is 2.45. The maximum absolute atomic E-state index is 12.6. The SMILES string of the molecule is Cc1cc(C(=O)C2CC(C)(C)OC2(C)C)ccn1. The van der Waals surface area contributed by atoms with Crippen molar-refractivity contribution in [2.24, 2.45) is 5.92 Å². The van der Waals surface area contributed by atoms with Crippen molar-refractivity contribution in [2.75, 3.05) is 0 Å². The van der Waals surface area contributed by atoms with E-state index in [1.807, 2.05) is 40.7 Å². The minimum Gasteiger partial charge on any atom is -0.369 e. The number of nitrogens with zero attached hydrogens (tertiary/aromatic N) is 1. The van der Waals surface area contributed by atoms with Crippen molar-refractivity contribution in [2.45, 2.75) is 52.2 Å². The third kappa shape index (κ3) is 2.46. The van der Waals surface area contributed by atoms with Gasteiger partial charge in [-0.15, -0.1) is 0 Å². The monoisotopic (exact) mass is 247 g/mol. The average molecular weight is 247 g/mol. The summed E-state index contributed by atoms with van der Waals surface area (Å²) in [6.07, 6.45) is 2.46. The van der Waals surface area contributed by atoms with Gasteiger partial charge in [0.15, 0.2) is 5.78 Å². The Bertz CT molecular complexity index is 477. The number of ketones is 1. The van der Waals surface area contributed by atoms with Crippen molar-refractivity contribution in [3.05, 3.63) is 29.6 Å². The number of carbonyl (C=O) groups is 1. The Balaban J connectivity index is 2.30. The first-order valence-electron chi connectivity index (χ1n) is 6.38. The maximum Gasteiger partial charge on any atom is 0.169 e. The van der Waals surface area contributed by atoms with Gasteiger partial charge in [-0.25, -0.2) is 0 Å². The molecule has 1 aromatic heterocycles. The summed E-state index contributed by atoms with van der Waals surface area (Å²) in [7, 11) is 0. The summed E-state index contributed by atoms with van der Waals surface area (Å²) in [5, 5.41) is 0. The van der Waals surface area contributed by atoms with Crippen LogP contribution in [-0.2, 0) is 4.74 Å². The molecular weight excluding hydrogens is 226 g/mol. The van der Waals surface area contributed by atoms with E-state index in [-0.39, 0.29) is 17.3 Å². The van der Waals surface area contributed by atoms with Gasteiger partial charge in [-0.1, -0.05) is 0 Å². The number of rotatable bonds is 2. The topological polar surface area (TPSA) is 39.2 Å². The van der Waals surface area contributed by atoms with Gasteiger partial charge in [0, 0.05) is 17.5 Å². The number of aryl methyl sites for hydroxylation is 1. The third-order valence-electron chi connectivity index (χ3n) is 3.57. The van der Waals surface area contributed by atoms with Crippen molar-refractivity contribution < 1.29 is 9.53 Å². The predicted octanol–water partition coefficient (Wildman–Crippen LogP) is 3.17. The van der Waals surface area contributed by atoms with Crippen molar-refractivity contribution >= 4 is 5.78 Å². The van der Waals surface area contributed by atoms with Gasteiger partial charge in [0.1, 0.15) is 0 Å². The molecule has 1 fully saturated rings. The lowest BCUT2D eigenvalue weighted by molar-refractivity contribution is -0.0712. The lowest BCUT2D eigenvalue weighted by atomic mass is 9.82. The van der Waals surface area contributed by atoms with Gasteiger partial charge in [0.05, 0.1) is 17.1 Å². The summed E-state index contributed by atoms with van der Waals surface area (Å²) in [6, 6.07) is 3.64. The van der Waals surface area contributed by atoms with Crippen LogP contribution in [0.4, 0.5) is 0 Å². The summed E-state index contributed by atoms with van der Waals surface area (Å²) in [6.45, 7) is 9.98. The highest BCUT2D eigenvalue weighted by atomic mass is 16.5. The molecule has 1 aliphatic rings. The summed E-state index contributed by atoms with van der Waals surface area (Å²) >= 11 is 0. The molecule has 1 aromatic rings. The molecule has 18 heavy (non-hydrogen) atoms. The second kappa shape index (κ2) is 4.16. The molecule has 3 nitrogen and oxygen atoms in total. The van der Waals surface area contributed by atoms with Crippen molar-refractivity contribution in [1.82, 2.24) is 4.98 Å². The van der Waals surface area contributed by atoms with Gasteiger partial charge in [0.25, 0.3) is 0 Å². The Morgan fingerprint density at radius 2 is 2.06 bits per heavy atom. The molecule has 0 amide bonds. The summed E-state index contributed by atoms with van der Waals surface area (Å²) in [5.41, 5.74) is 0.975. The molecule has 1 unspecified atom stereocenters. The Morgan fingerprint density at radius 3 is 2.56 bits per heavy atom. The second-order valence-corrected chi connectivity index (χ2v) is 6.27. The van der Waals surface area contributed by atoms with Gasteiger partial charge < -0.3 is 4.74 Å². The molecule has 3 heteroatoms. The van der Waals surface area contributed by atoms with Crippen molar-refractivity contribution in [3.63, 3.8) is 0 Å². The van der Waals surface area contributed by atoms with E-state index in [1.165, 1.54) is 0 Å². The van der Waals surface area contributed by atoms with Crippen LogP contribution in [0, 0.1) is 12.8 Å². The fourth-order valence-corrected chi connectivity index (χ4v) is 2.87. The van der Waals surface area contributed by atoms with Crippen LogP contribution in [0.15, 0.2) is 18.3 Å². The first-order valence-corrected chi connectivity index (χ1v) is 6.38. The van der Waals surface area contributed by atoms with E-state index >= 15 is 0 Å². The van der Waals surface area contributed by atoms with Gasteiger partial charge in [-0.2, -0.15) is 0 Å². The fourth-order valence-electron chi connectivity index (χ4n) is 2.87. The van der Waals surface area contributed by atoms with E-state index in [0.717, 1.165) is 17.7 Å². The first-order chi connectivity index (χ1) is 8.21. The number of aromatic nitrogens is 1. The normalized spacial score (nSPS) is 25.1. The molecule has 0 spiro atoms. The van der Waals surface area contributed by atoms with Crippen LogP contribution in [0.2, 0.25) is 0 Å². The highest BCUT2D eigenvalue weighted by Crippen LogP contribution is 2.43. The number of carbonyl (C=O) groups excluding carboxylic acids is 1. The zero-order valence-corrected chi connectivity index (χ0v) is 11.8. The molecule has 1 atom stereocenters. The third-order valence-corrected chi connectivity index (χ3v) is 3.57. The minimum atomic E-state index is -0.405. The van der Waals surface area contributed by atoms with E-state index < -0.39 is 5.60 Å².